The fourth-order valence-corrected chi connectivity index (χ4v) is 1.09. The zero-order valence-corrected chi connectivity index (χ0v) is 6.14. The molecule has 0 aliphatic rings. The molecule has 1 aromatic rings. The van der Waals surface area contributed by atoms with E-state index >= 15 is 0 Å². The van der Waals surface area contributed by atoms with E-state index in [0.717, 1.165) is 0 Å². The highest BCUT2D eigenvalue weighted by molar-refractivity contribution is 7.11. The number of hydrogen-bond acceptors (Lipinski definition) is 4. The van der Waals surface area contributed by atoms with Gasteiger partial charge in [-0.1, -0.05) is 11.3 Å². The van der Waals surface area contributed by atoms with Crippen LogP contribution in [0.2, 0.25) is 0 Å². The number of methoxy groups -OCH3 is 1. The molecule has 1 heterocycles. The topological polar surface area (TPSA) is 65.2 Å². The molecular weight excluding hydrogens is 152 g/mol. The Balaban J connectivity index is 2.88. The van der Waals surface area contributed by atoms with Gasteiger partial charge in [0.1, 0.15) is 5.69 Å². The SMILES string of the molecule is COc1nc(C(N)=O)cs1. The maximum absolute atomic E-state index is 10.4. The summed E-state index contributed by atoms with van der Waals surface area (Å²) in [5.41, 5.74) is 5.18. The Morgan fingerprint density at radius 3 is 2.90 bits per heavy atom. The molecule has 1 rings (SSSR count). The Morgan fingerprint density at radius 2 is 2.60 bits per heavy atom. The standard InChI is InChI=1S/C5H6N2O2S/c1-9-5-7-3(2-10-5)4(6)8/h2H,1H3,(H2,6,8). The third-order valence-corrected chi connectivity index (χ3v) is 1.71. The molecule has 0 saturated carbocycles. The minimum Gasteiger partial charge on any atom is -0.473 e. The lowest BCUT2D eigenvalue weighted by molar-refractivity contribution is 0.0995. The molecule has 2 N–H and O–H groups in total. The average molecular weight is 158 g/mol. The molecule has 0 unspecified atom stereocenters. The van der Waals surface area contributed by atoms with Crippen molar-refractivity contribution in [3.8, 4) is 5.19 Å². The van der Waals surface area contributed by atoms with E-state index in [1.807, 2.05) is 0 Å². The number of primary amides is 1. The Labute approximate surface area is 61.6 Å². The van der Waals surface area contributed by atoms with Crippen molar-refractivity contribution in [3.63, 3.8) is 0 Å². The quantitative estimate of drug-likeness (QED) is 0.671. The van der Waals surface area contributed by atoms with Crippen molar-refractivity contribution in [2.24, 2.45) is 5.73 Å². The molecular formula is C5H6N2O2S. The van der Waals surface area contributed by atoms with Crippen LogP contribution < -0.4 is 10.5 Å². The van der Waals surface area contributed by atoms with Gasteiger partial charge in [-0.3, -0.25) is 4.79 Å². The number of aromatic nitrogens is 1. The van der Waals surface area contributed by atoms with Crippen LogP contribution in [0.1, 0.15) is 10.5 Å². The Kier molecular flexibility index (Phi) is 1.86. The first-order valence-corrected chi connectivity index (χ1v) is 3.41. The molecule has 0 aliphatic carbocycles. The molecule has 0 saturated heterocycles. The monoisotopic (exact) mass is 158 g/mol. The van der Waals surface area contributed by atoms with E-state index in [9.17, 15) is 4.79 Å². The zero-order valence-electron chi connectivity index (χ0n) is 5.33. The molecule has 1 aromatic heterocycles. The fourth-order valence-electron chi connectivity index (χ4n) is 0.464. The number of rotatable bonds is 2. The van der Waals surface area contributed by atoms with Crippen LogP contribution in [-0.2, 0) is 0 Å². The summed E-state index contributed by atoms with van der Waals surface area (Å²) >= 11 is 1.24. The highest BCUT2D eigenvalue weighted by Gasteiger charge is 2.05. The highest BCUT2D eigenvalue weighted by atomic mass is 32.1. The van der Waals surface area contributed by atoms with E-state index in [0.29, 0.717) is 5.19 Å². The van der Waals surface area contributed by atoms with Crippen molar-refractivity contribution >= 4 is 17.2 Å². The van der Waals surface area contributed by atoms with Gasteiger partial charge in [0.05, 0.1) is 7.11 Å². The summed E-state index contributed by atoms with van der Waals surface area (Å²) in [7, 11) is 1.49. The third kappa shape index (κ3) is 1.24. The van der Waals surface area contributed by atoms with E-state index in [2.05, 4.69) is 4.98 Å². The summed E-state index contributed by atoms with van der Waals surface area (Å²) < 4.78 is 4.74. The average Bonchev–Trinajstić information content (AvgIpc) is 2.34. The molecule has 1 amide bonds. The van der Waals surface area contributed by atoms with Crippen molar-refractivity contribution in [3.05, 3.63) is 11.1 Å². The van der Waals surface area contributed by atoms with Gasteiger partial charge in [-0.15, -0.1) is 0 Å². The lowest BCUT2D eigenvalue weighted by Crippen LogP contribution is -2.10. The van der Waals surface area contributed by atoms with Crippen molar-refractivity contribution in [2.45, 2.75) is 0 Å². The van der Waals surface area contributed by atoms with E-state index in [-0.39, 0.29) is 5.69 Å². The van der Waals surface area contributed by atoms with E-state index in [1.54, 1.807) is 5.38 Å². The molecule has 0 radical (unpaired) electrons. The molecule has 0 aromatic carbocycles. The maximum Gasteiger partial charge on any atom is 0.273 e. The molecule has 0 aliphatic heterocycles. The van der Waals surface area contributed by atoms with Crippen LogP contribution in [0, 0.1) is 0 Å². The summed E-state index contributed by atoms with van der Waals surface area (Å²) in [4.78, 5) is 14.2. The summed E-state index contributed by atoms with van der Waals surface area (Å²) in [5.74, 6) is -0.528. The van der Waals surface area contributed by atoms with E-state index in [1.165, 1.54) is 18.4 Å². The van der Waals surface area contributed by atoms with Gasteiger partial charge in [0, 0.05) is 5.38 Å². The number of hydrogen-bond donors (Lipinski definition) is 1. The number of carbonyl (C=O) groups is 1. The van der Waals surface area contributed by atoms with Gasteiger partial charge >= 0.3 is 0 Å². The number of nitrogens with zero attached hydrogens (tertiary/aromatic N) is 1. The van der Waals surface area contributed by atoms with E-state index in [4.69, 9.17) is 10.5 Å². The molecule has 10 heavy (non-hydrogen) atoms. The predicted molar refractivity (Wildman–Crippen MR) is 37.2 cm³/mol. The van der Waals surface area contributed by atoms with Crippen LogP contribution >= 0.6 is 11.3 Å². The summed E-state index contributed by atoms with van der Waals surface area (Å²) in [6, 6.07) is 0. The third-order valence-electron chi connectivity index (χ3n) is 0.910. The van der Waals surface area contributed by atoms with Crippen LogP contribution in [0.15, 0.2) is 5.38 Å². The number of amides is 1. The zero-order chi connectivity index (χ0) is 7.56. The minimum absolute atomic E-state index is 0.252. The summed E-state index contributed by atoms with van der Waals surface area (Å²) in [6.07, 6.45) is 0. The van der Waals surface area contributed by atoms with Crippen molar-refractivity contribution in [1.29, 1.82) is 0 Å². The maximum atomic E-state index is 10.4. The smallest absolute Gasteiger partial charge is 0.273 e. The molecule has 0 fully saturated rings. The van der Waals surface area contributed by atoms with Crippen LogP contribution in [0.4, 0.5) is 0 Å². The fraction of sp³-hybridized carbons (Fsp3) is 0.200. The Morgan fingerprint density at radius 1 is 1.90 bits per heavy atom. The van der Waals surface area contributed by atoms with Crippen molar-refractivity contribution in [2.75, 3.05) is 7.11 Å². The summed E-state index contributed by atoms with van der Waals surface area (Å²) in [6.45, 7) is 0. The second kappa shape index (κ2) is 2.66. The van der Waals surface area contributed by atoms with Gasteiger partial charge in [-0.05, 0) is 0 Å². The van der Waals surface area contributed by atoms with Crippen LogP contribution in [-0.4, -0.2) is 18.0 Å². The first kappa shape index (κ1) is 7.01. The first-order valence-electron chi connectivity index (χ1n) is 2.53. The van der Waals surface area contributed by atoms with Gasteiger partial charge in [-0.2, -0.15) is 4.98 Å². The molecule has 54 valence electrons. The molecule has 0 spiro atoms. The Hall–Kier alpha value is -1.10. The summed E-state index contributed by atoms with van der Waals surface area (Å²) in [5, 5.41) is 2.01. The number of carbonyl (C=O) groups excluding carboxylic acids is 1. The first-order chi connectivity index (χ1) is 4.74. The second-order valence-corrected chi connectivity index (χ2v) is 2.39. The number of thiazole rings is 1. The van der Waals surface area contributed by atoms with Gasteiger partial charge in [0.15, 0.2) is 0 Å². The predicted octanol–water partition coefficient (Wildman–Crippen LogP) is 0.251. The van der Waals surface area contributed by atoms with Crippen molar-refractivity contribution < 1.29 is 9.53 Å². The Bertz CT molecular complexity index is 246. The highest BCUT2D eigenvalue weighted by Crippen LogP contribution is 2.16. The van der Waals surface area contributed by atoms with Crippen LogP contribution in [0.3, 0.4) is 0 Å². The van der Waals surface area contributed by atoms with Crippen molar-refractivity contribution in [1.82, 2.24) is 4.98 Å². The number of ether oxygens (including phenoxy) is 1. The van der Waals surface area contributed by atoms with Gasteiger partial charge < -0.3 is 10.5 Å². The normalized spacial score (nSPS) is 9.30. The molecule has 5 heteroatoms. The lowest BCUT2D eigenvalue weighted by atomic mass is 10.5. The molecule has 0 bridgehead atoms. The largest absolute Gasteiger partial charge is 0.473 e. The minimum atomic E-state index is -0.528. The van der Waals surface area contributed by atoms with Gasteiger partial charge in [-0.25, -0.2) is 0 Å². The molecule has 4 nitrogen and oxygen atoms in total. The second-order valence-electron chi connectivity index (χ2n) is 1.57. The van der Waals surface area contributed by atoms with Gasteiger partial charge in [0.25, 0.3) is 11.1 Å². The number of nitrogens with two attached hydrogens (primary N) is 1. The van der Waals surface area contributed by atoms with Crippen LogP contribution in [0.5, 0.6) is 5.19 Å². The lowest BCUT2D eigenvalue weighted by Gasteiger charge is -1.86. The van der Waals surface area contributed by atoms with Gasteiger partial charge in [0.2, 0.25) is 0 Å². The molecule has 0 atom stereocenters. The van der Waals surface area contributed by atoms with Crippen LogP contribution in [0.25, 0.3) is 0 Å². The van der Waals surface area contributed by atoms with E-state index < -0.39 is 5.91 Å².